The van der Waals surface area contributed by atoms with Crippen LogP contribution in [0.5, 0.6) is 5.75 Å². The Bertz CT molecular complexity index is 1490. The molecule has 1 aliphatic heterocycles. The number of anilines is 5. The predicted octanol–water partition coefficient (Wildman–Crippen LogP) is 5.76. The summed E-state index contributed by atoms with van der Waals surface area (Å²) < 4.78 is 33.6. The molecular formula is C28H24ClF2N7O. The van der Waals surface area contributed by atoms with Gasteiger partial charge in [-0.15, -0.1) is 0 Å². The van der Waals surface area contributed by atoms with E-state index in [4.69, 9.17) is 16.3 Å². The normalized spacial score (nSPS) is 13.0. The molecule has 3 N–H and O–H groups in total. The van der Waals surface area contributed by atoms with E-state index in [1.165, 1.54) is 12.3 Å². The van der Waals surface area contributed by atoms with Gasteiger partial charge in [0.25, 0.3) is 0 Å². The van der Waals surface area contributed by atoms with Gasteiger partial charge in [0.15, 0.2) is 5.82 Å². The third kappa shape index (κ3) is 6.17. The average molecular weight is 548 g/mol. The summed E-state index contributed by atoms with van der Waals surface area (Å²) in [4.78, 5) is 11.0. The summed E-state index contributed by atoms with van der Waals surface area (Å²) in [7, 11) is 0. The molecule has 0 atom stereocenters. The molecule has 3 aromatic carbocycles. The van der Waals surface area contributed by atoms with Crippen molar-refractivity contribution in [1.82, 2.24) is 15.3 Å². The van der Waals surface area contributed by atoms with Crippen LogP contribution in [0.15, 0.2) is 66.9 Å². The highest BCUT2D eigenvalue weighted by molar-refractivity contribution is 6.32. The number of piperazine rings is 1. The smallest absolute Gasteiger partial charge is 0.229 e. The molecule has 39 heavy (non-hydrogen) atoms. The zero-order valence-corrected chi connectivity index (χ0v) is 21.5. The van der Waals surface area contributed by atoms with Crippen LogP contribution >= 0.6 is 11.6 Å². The van der Waals surface area contributed by atoms with Crippen LogP contribution in [0.3, 0.4) is 0 Å². The molecule has 1 aliphatic rings. The van der Waals surface area contributed by atoms with Crippen LogP contribution in [-0.2, 0) is 6.61 Å². The number of ether oxygens (including phenoxy) is 1. The van der Waals surface area contributed by atoms with Crippen LogP contribution in [0.4, 0.5) is 37.6 Å². The molecule has 1 fully saturated rings. The fourth-order valence-corrected chi connectivity index (χ4v) is 4.28. The number of hydrogen-bond acceptors (Lipinski definition) is 8. The van der Waals surface area contributed by atoms with E-state index in [0.29, 0.717) is 11.6 Å². The largest absolute Gasteiger partial charge is 0.487 e. The molecule has 1 aromatic heterocycles. The van der Waals surface area contributed by atoms with Crippen LogP contribution < -0.4 is 25.6 Å². The Morgan fingerprint density at radius 3 is 2.44 bits per heavy atom. The number of hydrogen-bond donors (Lipinski definition) is 3. The number of nitrogens with zero attached hydrogens (tertiary/aromatic N) is 4. The number of benzene rings is 3. The zero-order chi connectivity index (χ0) is 27.2. The van der Waals surface area contributed by atoms with E-state index in [0.717, 1.165) is 49.7 Å². The van der Waals surface area contributed by atoms with E-state index in [2.05, 4.69) is 36.9 Å². The second kappa shape index (κ2) is 11.9. The number of halogens is 3. The maximum atomic E-state index is 14.0. The van der Waals surface area contributed by atoms with Crippen LogP contribution in [-0.4, -0.2) is 36.1 Å². The minimum Gasteiger partial charge on any atom is -0.487 e. The van der Waals surface area contributed by atoms with E-state index in [9.17, 15) is 14.0 Å². The molecular weight excluding hydrogens is 524 g/mol. The standard InChI is InChI=1S/C28H24ClF2N7O/c29-22-16-34-28(35-18-7-9-19(10-8-18)38-13-11-33-12-14-38)37-27(22)36-25-5-2-6-26(20(25)15-32)39-17-21-23(30)3-1-4-24(21)31/h1-10,16,33H,11-14,17H2,(H2,34,35,36,37). The highest BCUT2D eigenvalue weighted by Gasteiger charge is 2.16. The van der Waals surface area contributed by atoms with Crippen LogP contribution in [0, 0.1) is 23.0 Å². The van der Waals surface area contributed by atoms with Gasteiger partial charge < -0.3 is 25.6 Å². The van der Waals surface area contributed by atoms with Crippen molar-refractivity contribution < 1.29 is 13.5 Å². The molecule has 198 valence electrons. The van der Waals surface area contributed by atoms with Crippen molar-refractivity contribution in [3.8, 4) is 11.8 Å². The molecule has 2 heterocycles. The summed E-state index contributed by atoms with van der Waals surface area (Å²) in [5.74, 6) is -0.737. The Morgan fingerprint density at radius 2 is 1.72 bits per heavy atom. The molecule has 5 rings (SSSR count). The van der Waals surface area contributed by atoms with Crippen molar-refractivity contribution in [3.63, 3.8) is 0 Å². The van der Waals surface area contributed by atoms with Crippen LogP contribution in [0.25, 0.3) is 0 Å². The van der Waals surface area contributed by atoms with Crippen LogP contribution in [0.1, 0.15) is 11.1 Å². The Hall–Kier alpha value is -4.46. The summed E-state index contributed by atoms with van der Waals surface area (Å²) in [6.07, 6.45) is 1.45. The lowest BCUT2D eigenvalue weighted by Gasteiger charge is -2.29. The minimum absolute atomic E-state index is 0.127. The molecule has 0 unspecified atom stereocenters. The molecule has 0 spiro atoms. The lowest BCUT2D eigenvalue weighted by atomic mass is 10.1. The zero-order valence-electron chi connectivity index (χ0n) is 20.7. The van der Waals surface area contributed by atoms with Gasteiger partial charge in [-0.1, -0.05) is 23.7 Å². The maximum absolute atomic E-state index is 14.0. The van der Waals surface area contributed by atoms with E-state index < -0.39 is 11.6 Å². The first kappa shape index (κ1) is 26.2. The number of aromatic nitrogens is 2. The fourth-order valence-electron chi connectivity index (χ4n) is 4.14. The minimum atomic E-state index is -0.728. The first-order chi connectivity index (χ1) is 19.0. The average Bonchev–Trinajstić information content (AvgIpc) is 2.95. The van der Waals surface area contributed by atoms with Crippen molar-refractivity contribution in [3.05, 3.63) is 94.6 Å². The van der Waals surface area contributed by atoms with Crippen molar-refractivity contribution in [2.24, 2.45) is 0 Å². The molecule has 0 amide bonds. The Balaban J connectivity index is 1.31. The maximum Gasteiger partial charge on any atom is 0.229 e. The van der Waals surface area contributed by atoms with Gasteiger partial charge in [-0.3, -0.25) is 0 Å². The number of nitriles is 1. The lowest BCUT2D eigenvalue weighted by molar-refractivity contribution is 0.292. The third-order valence-electron chi connectivity index (χ3n) is 6.17. The first-order valence-corrected chi connectivity index (χ1v) is 12.6. The van der Waals surface area contributed by atoms with Gasteiger partial charge in [0.1, 0.15) is 40.6 Å². The van der Waals surface area contributed by atoms with Crippen molar-refractivity contribution in [1.29, 1.82) is 5.26 Å². The highest BCUT2D eigenvalue weighted by Crippen LogP contribution is 2.32. The SMILES string of the molecule is N#Cc1c(Nc2nc(Nc3ccc(N4CCNCC4)cc3)ncc2Cl)cccc1OCc1c(F)cccc1F. The molecule has 0 saturated carbocycles. The summed E-state index contributed by atoms with van der Waals surface area (Å²) in [6.45, 7) is 3.45. The van der Waals surface area contributed by atoms with Gasteiger partial charge in [-0.2, -0.15) is 10.2 Å². The van der Waals surface area contributed by atoms with Gasteiger partial charge in [0.05, 0.1) is 17.4 Å². The second-order valence-electron chi connectivity index (χ2n) is 8.70. The molecule has 8 nitrogen and oxygen atoms in total. The van der Waals surface area contributed by atoms with Crippen molar-refractivity contribution in [2.75, 3.05) is 41.7 Å². The number of nitrogens with one attached hydrogen (secondary N) is 3. The molecule has 4 aromatic rings. The summed E-state index contributed by atoms with van der Waals surface area (Å²) >= 11 is 6.34. The van der Waals surface area contributed by atoms with Gasteiger partial charge in [0.2, 0.25) is 5.95 Å². The summed E-state index contributed by atoms with van der Waals surface area (Å²) in [6, 6.07) is 18.5. The van der Waals surface area contributed by atoms with Gasteiger partial charge in [0, 0.05) is 37.6 Å². The quantitative estimate of drug-likeness (QED) is 0.256. The van der Waals surface area contributed by atoms with Gasteiger partial charge >= 0.3 is 0 Å². The first-order valence-electron chi connectivity index (χ1n) is 12.2. The second-order valence-corrected chi connectivity index (χ2v) is 9.11. The van der Waals surface area contributed by atoms with Gasteiger partial charge in [-0.05, 0) is 48.5 Å². The van der Waals surface area contributed by atoms with Crippen molar-refractivity contribution in [2.45, 2.75) is 6.61 Å². The monoisotopic (exact) mass is 547 g/mol. The Morgan fingerprint density at radius 1 is 1.00 bits per heavy atom. The molecule has 1 saturated heterocycles. The van der Waals surface area contributed by atoms with E-state index in [1.54, 1.807) is 18.2 Å². The Labute approximate surface area is 229 Å². The molecule has 11 heteroatoms. The third-order valence-corrected chi connectivity index (χ3v) is 6.45. The van der Waals surface area contributed by atoms with E-state index in [-0.39, 0.29) is 34.3 Å². The Kier molecular flexibility index (Phi) is 8.01. The highest BCUT2D eigenvalue weighted by atomic mass is 35.5. The van der Waals surface area contributed by atoms with Gasteiger partial charge in [-0.25, -0.2) is 13.8 Å². The fraction of sp³-hybridized carbons (Fsp3) is 0.179. The summed E-state index contributed by atoms with van der Waals surface area (Å²) in [5.41, 5.74) is 2.20. The van der Waals surface area contributed by atoms with Crippen molar-refractivity contribution >= 4 is 40.4 Å². The number of rotatable bonds is 8. The predicted molar refractivity (Wildman–Crippen MR) is 147 cm³/mol. The molecule has 0 aliphatic carbocycles. The van der Waals surface area contributed by atoms with E-state index >= 15 is 0 Å². The van der Waals surface area contributed by atoms with E-state index in [1.807, 2.05) is 24.3 Å². The topological polar surface area (TPSA) is 98.1 Å². The van der Waals surface area contributed by atoms with Crippen LogP contribution in [0.2, 0.25) is 5.02 Å². The molecule has 0 radical (unpaired) electrons. The lowest BCUT2D eigenvalue weighted by Crippen LogP contribution is -2.43. The summed E-state index contributed by atoms with van der Waals surface area (Å²) in [5, 5.41) is 19.6. The molecule has 0 bridgehead atoms.